The van der Waals surface area contributed by atoms with E-state index in [-0.39, 0.29) is 11.8 Å². The number of aromatic nitrogens is 3. The number of hydrogen-bond acceptors (Lipinski definition) is 5. The van der Waals surface area contributed by atoms with Crippen LogP contribution in [0.5, 0.6) is 5.75 Å². The number of aryl methyl sites for hydroxylation is 1. The Morgan fingerprint density at radius 2 is 2.09 bits per heavy atom. The van der Waals surface area contributed by atoms with Gasteiger partial charge in [-0.2, -0.15) is 5.10 Å². The summed E-state index contributed by atoms with van der Waals surface area (Å²) >= 11 is 0. The van der Waals surface area contributed by atoms with E-state index >= 15 is 0 Å². The Bertz CT molecular complexity index is 770. The summed E-state index contributed by atoms with van der Waals surface area (Å²) in [5.74, 6) is 0.866. The molecule has 0 spiro atoms. The smallest absolute Gasteiger partial charge is 0.154 e. The van der Waals surface area contributed by atoms with Gasteiger partial charge in [-0.25, -0.2) is 9.50 Å². The van der Waals surface area contributed by atoms with Gasteiger partial charge >= 0.3 is 0 Å². The SMILES string of the molecule is COC[C@@H](Nc1ncnn2cc(O)c(C)c12)c1ccccc1. The summed E-state index contributed by atoms with van der Waals surface area (Å²) in [5, 5.41) is 17.4. The number of nitrogens with one attached hydrogen (secondary N) is 1. The molecule has 0 aliphatic heterocycles. The van der Waals surface area contributed by atoms with Crippen molar-refractivity contribution >= 4 is 11.3 Å². The zero-order chi connectivity index (χ0) is 15.5. The number of nitrogens with zero attached hydrogens (tertiary/aromatic N) is 3. The van der Waals surface area contributed by atoms with Crippen molar-refractivity contribution in [3.63, 3.8) is 0 Å². The molecular formula is C16H18N4O2. The highest BCUT2D eigenvalue weighted by molar-refractivity contribution is 5.75. The molecule has 0 bridgehead atoms. The molecule has 0 aliphatic carbocycles. The van der Waals surface area contributed by atoms with Crippen LogP contribution in [0.2, 0.25) is 0 Å². The average Bonchev–Trinajstić information content (AvgIpc) is 2.83. The van der Waals surface area contributed by atoms with Crippen molar-refractivity contribution in [2.45, 2.75) is 13.0 Å². The van der Waals surface area contributed by atoms with Crippen LogP contribution in [-0.2, 0) is 4.74 Å². The summed E-state index contributed by atoms with van der Waals surface area (Å²) in [6.45, 7) is 2.35. The summed E-state index contributed by atoms with van der Waals surface area (Å²) in [4.78, 5) is 4.32. The fraction of sp³-hybridized carbons (Fsp3) is 0.250. The molecule has 1 atom stereocenters. The number of rotatable bonds is 5. The highest BCUT2D eigenvalue weighted by Gasteiger charge is 2.16. The predicted molar refractivity (Wildman–Crippen MR) is 84.1 cm³/mol. The van der Waals surface area contributed by atoms with Gasteiger partial charge in [-0.05, 0) is 12.5 Å². The second kappa shape index (κ2) is 6.03. The van der Waals surface area contributed by atoms with Gasteiger partial charge in [-0.3, -0.25) is 0 Å². The van der Waals surface area contributed by atoms with Crippen LogP contribution in [0.4, 0.5) is 5.82 Å². The van der Waals surface area contributed by atoms with E-state index in [1.54, 1.807) is 17.8 Å². The maximum absolute atomic E-state index is 9.88. The highest BCUT2D eigenvalue weighted by Crippen LogP contribution is 2.29. The maximum atomic E-state index is 9.88. The lowest BCUT2D eigenvalue weighted by atomic mass is 10.1. The van der Waals surface area contributed by atoms with Crippen LogP contribution in [0.3, 0.4) is 0 Å². The van der Waals surface area contributed by atoms with Crippen molar-refractivity contribution in [3.05, 3.63) is 54.0 Å². The molecule has 2 aromatic heterocycles. The molecule has 0 amide bonds. The lowest BCUT2D eigenvalue weighted by molar-refractivity contribution is 0.186. The molecule has 6 heteroatoms. The van der Waals surface area contributed by atoms with Crippen molar-refractivity contribution in [3.8, 4) is 5.75 Å². The van der Waals surface area contributed by atoms with Crippen molar-refractivity contribution in [2.24, 2.45) is 0 Å². The van der Waals surface area contributed by atoms with E-state index in [1.807, 2.05) is 37.3 Å². The van der Waals surface area contributed by atoms with Gasteiger partial charge in [0.2, 0.25) is 0 Å². The van der Waals surface area contributed by atoms with Crippen LogP contribution in [0.25, 0.3) is 5.52 Å². The standard InChI is InChI=1S/C16H18N4O2/c1-11-14(21)8-20-15(11)16(17-10-18-20)19-13(9-22-2)12-6-4-3-5-7-12/h3-8,10,13,21H,9H2,1-2H3,(H,17,18,19)/t13-/m1/s1. The van der Waals surface area contributed by atoms with E-state index in [0.29, 0.717) is 12.4 Å². The van der Waals surface area contributed by atoms with Crippen molar-refractivity contribution in [2.75, 3.05) is 19.0 Å². The summed E-state index contributed by atoms with van der Waals surface area (Å²) < 4.78 is 6.94. The first kappa shape index (κ1) is 14.3. The van der Waals surface area contributed by atoms with Gasteiger partial charge in [0.25, 0.3) is 0 Å². The van der Waals surface area contributed by atoms with Crippen LogP contribution >= 0.6 is 0 Å². The molecule has 2 N–H and O–H groups in total. The van der Waals surface area contributed by atoms with Gasteiger partial charge in [-0.1, -0.05) is 30.3 Å². The molecule has 6 nitrogen and oxygen atoms in total. The molecule has 0 fully saturated rings. The maximum Gasteiger partial charge on any atom is 0.154 e. The normalized spacial score (nSPS) is 12.5. The summed E-state index contributed by atoms with van der Waals surface area (Å²) in [6, 6.07) is 10.00. The van der Waals surface area contributed by atoms with Gasteiger partial charge in [0.05, 0.1) is 18.8 Å². The first-order valence-electron chi connectivity index (χ1n) is 7.03. The van der Waals surface area contributed by atoms with Crippen LogP contribution in [0.15, 0.2) is 42.9 Å². The number of fused-ring (bicyclic) bond motifs is 1. The first-order valence-corrected chi connectivity index (χ1v) is 7.03. The quantitative estimate of drug-likeness (QED) is 0.757. The largest absolute Gasteiger partial charge is 0.506 e. The summed E-state index contributed by atoms with van der Waals surface area (Å²) in [6.07, 6.45) is 3.04. The predicted octanol–water partition coefficient (Wildman–Crippen LogP) is 2.54. The van der Waals surface area contributed by atoms with Crippen LogP contribution in [-0.4, -0.2) is 33.4 Å². The topological polar surface area (TPSA) is 71.7 Å². The number of ether oxygens (including phenoxy) is 1. The minimum absolute atomic E-state index is 0.0404. The number of benzene rings is 1. The molecular weight excluding hydrogens is 280 g/mol. The molecule has 2 heterocycles. The zero-order valence-corrected chi connectivity index (χ0v) is 12.5. The Balaban J connectivity index is 2.00. The fourth-order valence-corrected chi connectivity index (χ4v) is 2.49. The molecule has 0 saturated carbocycles. The molecule has 0 radical (unpaired) electrons. The number of anilines is 1. The zero-order valence-electron chi connectivity index (χ0n) is 12.5. The number of aromatic hydroxyl groups is 1. The minimum Gasteiger partial charge on any atom is -0.506 e. The van der Waals surface area contributed by atoms with Gasteiger partial charge < -0.3 is 15.2 Å². The van der Waals surface area contributed by atoms with Crippen LogP contribution in [0, 0.1) is 6.92 Å². The van der Waals surface area contributed by atoms with Crippen LogP contribution < -0.4 is 5.32 Å². The molecule has 3 rings (SSSR count). The summed E-state index contributed by atoms with van der Waals surface area (Å²) in [7, 11) is 1.67. The Hall–Kier alpha value is -2.60. The Labute approximate surface area is 128 Å². The molecule has 3 aromatic rings. The molecule has 0 aliphatic rings. The lowest BCUT2D eigenvalue weighted by Crippen LogP contribution is -2.17. The molecule has 22 heavy (non-hydrogen) atoms. The Morgan fingerprint density at radius 3 is 2.82 bits per heavy atom. The average molecular weight is 298 g/mol. The summed E-state index contributed by atoms with van der Waals surface area (Å²) in [5.41, 5.74) is 2.61. The Morgan fingerprint density at radius 1 is 1.32 bits per heavy atom. The minimum atomic E-state index is -0.0404. The first-order chi connectivity index (χ1) is 10.7. The highest BCUT2D eigenvalue weighted by atomic mass is 16.5. The van der Waals surface area contributed by atoms with E-state index in [4.69, 9.17) is 4.74 Å². The van der Waals surface area contributed by atoms with E-state index in [9.17, 15) is 5.11 Å². The lowest BCUT2D eigenvalue weighted by Gasteiger charge is -2.19. The van der Waals surface area contributed by atoms with Crippen molar-refractivity contribution in [1.29, 1.82) is 0 Å². The van der Waals surface area contributed by atoms with Gasteiger partial charge in [0.15, 0.2) is 5.82 Å². The van der Waals surface area contributed by atoms with Crippen molar-refractivity contribution < 1.29 is 9.84 Å². The monoisotopic (exact) mass is 298 g/mol. The van der Waals surface area contributed by atoms with Crippen LogP contribution in [0.1, 0.15) is 17.2 Å². The molecule has 0 unspecified atom stereocenters. The van der Waals surface area contributed by atoms with Gasteiger partial charge in [-0.15, -0.1) is 0 Å². The molecule has 114 valence electrons. The number of hydrogen-bond donors (Lipinski definition) is 2. The van der Waals surface area contributed by atoms with Gasteiger partial charge in [0, 0.05) is 12.7 Å². The fourth-order valence-electron chi connectivity index (χ4n) is 2.49. The second-order valence-electron chi connectivity index (χ2n) is 5.10. The third kappa shape index (κ3) is 2.60. The number of methoxy groups -OCH3 is 1. The third-order valence-electron chi connectivity index (χ3n) is 3.65. The van der Waals surface area contributed by atoms with E-state index in [0.717, 1.165) is 16.6 Å². The Kier molecular flexibility index (Phi) is 3.93. The van der Waals surface area contributed by atoms with Gasteiger partial charge in [0.1, 0.15) is 17.6 Å². The molecule has 1 aromatic carbocycles. The molecule has 0 saturated heterocycles. The third-order valence-corrected chi connectivity index (χ3v) is 3.65. The van der Waals surface area contributed by atoms with E-state index in [2.05, 4.69) is 15.4 Å². The van der Waals surface area contributed by atoms with Crippen molar-refractivity contribution in [1.82, 2.24) is 14.6 Å². The van der Waals surface area contributed by atoms with E-state index < -0.39 is 0 Å². The second-order valence-corrected chi connectivity index (χ2v) is 5.10. The van der Waals surface area contributed by atoms with E-state index in [1.165, 1.54) is 6.33 Å².